The van der Waals surface area contributed by atoms with Gasteiger partial charge in [-0.05, 0) is 24.3 Å². The number of sulfone groups is 1. The van der Waals surface area contributed by atoms with Crippen LogP contribution >= 0.6 is 0 Å². The summed E-state index contributed by atoms with van der Waals surface area (Å²) in [4.78, 5) is 15.4. The third-order valence-corrected chi connectivity index (χ3v) is 6.52. The number of piperazine rings is 1. The zero-order valence-electron chi connectivity index (χ0n) is 18.7. The molecule has 14 heteroatoms. The second-order valence-electron chi connectivity index (χ2n) is 7.96. The minimum absolute atomic E-state index is 0.0133. The second kappa shape index (κ2) is 10.3. The van der Waals surface area contributed by atoms with Crippen LogP contribution in [0.2, 0.25) is 0 Å². The van der Waals surface area contributed by atoms with Crippen LogP contribution in [0.5, 0.6) is 5.75 Å². The summed E-state index contributed by atoms with van der Waals surface area (Å²) in [6.07, 6.45) is -3.17. The summed E-state index contributed by atoms with van der Waals surface area (Å²) in [6.45, 7) is -1.84. The van der Waals surface area contributed by atoms with Crippen LogP contribution in [0.3, 0.4) is 0 Å². The molecule has 1 fully saturated rings. The molecule has 0 spiro atoms. The van der Waals surface area contributed by atoms with Gasteiger partial charge in [0, 0.05) is 38.5 Å². The summed E-state index contributed by atoms with van der Waals surface area (Å²) >= 11 is 0. The predicted octanol–water partition coefficient (Wildman–Crippen LogP) is 3.48. The molecule has 0 atom stereocenters. The maximum Gasteiger partial charge on any atom is 0.340 e. The highest BCUT2D eigenvalue weighted by Crippen LogP contribution is 2.30. The van der Waals surface area contributed by atoms with Crippen molar-refractivity contribution in [1.29, 1.82) is 5.26 Å². The molecule has 1 aliphatic heterocycles. The molecule has 1 amide bonds. The number of nitriles is 1. The van der Waals surface area contributed by atoms with Gasteiger partial charge in [0.05, 0.1) is 21.7 Å². The fourth-order valence-corrected chi connectivity index (χ4v) is 4.10. The minimum Gasteiger partial charge on any atom is -0.486 e. The molecular formula is C22H19F6N3O4S. The molecule has 0 bridgehead atoms. The van der Waals surface area contributed by atoms with Gasteiger partial charge in [0.25, 0.3) is 5.91 Å². The number of rotatable bonds is 7. The summed E-state index contributed by atoms with van der Waals surface area (Å²) in [5, 5.41) is 8.81. The zero-order chi connectivity index (χ0) is 26.8. The van der Waals surface area contributed by atoms with E-state index in [0.29, 0.717) is 0 Å². The monoisotopic (exact) mass is 535 g/mol. The van der Waals surface area contributed by atoms with Crippen molar-refractivity contribution < 1.29 is 44.3 Å². The van der Waals surface area contributed by atoms with Gasteiger partial charge in [-0.2, -0.15) is 14.0 Å². The average molecular weight is 535 g/mol. The van der Waals surface area contributed by atoms with Gasteiger partial charge in [0.15, 0.2) is 16.4 Å². The lowest BCUT2D eigenvalue weighted by molar-refractivity contribution is -0.148. The smallest absolute Gasteiger partial charge is 0.340 e. The maximum atomic E-state index is 14.3. The molecule has 0 aliphatic carbocycles. The van der Waals surface area contributed by atoms with Crippen molar-refractivity contribution in [2.75, 3.05) is 43.9 Å². The van der Waals surface area contributed by atoms with Crippen molar-refractivity contribution in [2.45, 2.75) is 17.2 Å². The van der Waals surface area contributed by atoms with Gasteiger partial charge in [-0.25, -0.2) is 26.0 Å². The Morgan fingerprint density at radius 2 is 1.75 bits per heavy atom. The van der Waals surface area contributed by atoms with Crippen molar-refractivity contribution in [3.05, 3.63) is 53.1 Å². The highest BCUT2D eigenvalue weighted by molar-refractivity contribution is 7.90. The molecule has 2 aromatic carbocycles. The van der Waals surface area contributed by atoms with Crippen molar-refractivity contribution in [2.24, 2.45) is 0 Å². The predicted molar refractivity (Wildman–Crippen MR) is 115 cm³/mol. The first-order valence-electron chi connectivity index (χ1n) is 10.3. The van der Waals surface area contributed by atoms with E-state index in [-0.39, 0.29) is 36.8 Å². The molecule has 0 saturated carbocycles. The largest absolute Gasteiger partial charge is 0.486 e. The number of carbonyl (C=O) groups excluding carboxylic acids is 1. The summed E-state index contributed by atoms with van der Waals surface area (Å²) in [7, 11) is -3.83. The van der Waals surface area contributed by atoms with Gasteiger partial charge >= 0.3 is 12.3 Å². The first-order valence-corrected chi connectivity index (χ1v) is 12.2. The van der Waals surface area contributed by atoms with E-state index >= 15 is 0 Å². The van der Waals surface area contributed by atoms with Gasteiger partial charge < -0.3 is 14.5 Å². The van der Waals surface area contributed by atoms with Crippen LogP contribution in [-0.2, 0) is 9.84 Å². The van der Waals surface area contributed by atoms with Crippen LogP contribution in [0.15, 0.2) is 35.2 Å². The van der Waals surface area contributed by atoms with E-state index in [4.69, 9.17) is 10.00 Å². The molecule has 0 aromatic heterocycles. The number of ether oxygens (including phenoxy) is 1. The van der Waals surface area contributed by atoms with E-state index in [1.165, 1.54) is 15.9 Å². The van der Waals surface area contributed by atoms with Crippen molar-refractivity contribution in [1.82, 2.24) is 4.90 Å². The first kappa shape index (κ1) is 27.1. The number of hydrogen-bond acceptors (Lipinski definition) is 6. The molecule has 3 rings (SSSR count). The second-order valence-corrected chi connectivity index (χ2v) is 9.97. The molecule has 36 heavy (non-hydrogen) atoms. The van der Waals surface area contributed by atoms with E-state index in [2.05, 4.69) is 0 Å². The Morgan fingerprint density at radius 3 is 2.31 bits per heavy atom. The van der Waals surface area contributed by atoms with Gasteiger partial charge in [0.1, 0.15) is 23.5 Å². The lowest BCUT2D eigenvalue weighted by Crippen LogP contribution is -2.49. The SMILES string of the molecule is CS(=O)(=O)c1ccc(OCC(F)(F)C(F)F)c(C(=O)N2CCN(c3cc(F)c(C#N)cc3F)CC2)c1. The number of hydrogen-bond donors (Lipinski definition) is 0. The Labute approximate surface area is 202 Å². The zero-order valence-corrected chi connectivity index (χ0v) is 19.5. The van der Waals surface area contributed by atoms with Gasteiger partial charge in [-0.1, -0.05) is 0 Å². The third kappa shape index (κ3) is 5.84. The Bertz CT molecular complexity index is 1310. The van der Waals surface area contributed by atoms with Crippen LogP contribution in [0.4, 0.5) is 32.0 Å². The van der Waals surface area contributed by atoms with E-state index in [9.17, 15) is 39.6 Å². The maximum absolute atomic E-state index is 14.3. The van der Waals surface area contributed by atoms with Crippen LogP contribution in [0.1, 0.15) is 15.9 Å². The fraction of sp³-hybridized carbons (Fsp3) is 0.364. The quantitative estimate of drug-likeness (QED) is 0.505. The van der Waals surface area contributed by atoms with Gasteiger partial charge in [-0.15, -0.1) is 0 Å². The fourth-order valence-electron chi connectivity index (χ4n) is 3.45. The molecule has 194 valence electrons. The molecule has 1 heterocycles. The highest BCUT2D eigenvalue weighted by Gasteiger charge is 2.42. The van der Waals surface area contributed by atoms with Crippen molar-refractivity contribution >= 4 is 21.4 Å². The van der Waals surface area contributed by atoms with E-state index in [1.54, 1.807) is 0 Å². The van der Waals surface area contributed by atoms with E-state index < -0.39 is 63.2 Å². The normalized spacial score (nSPS) is 14.6. The molecule has 0 unspecified atom stereocenters. The van der Waals surface area contributed by atoms with Crippen molar-refractivity contribution in [3.8, 4) is 11.8 Å². The van der Waals surface area contributed by atoms with Crippen LogP contribution < -0.4 is 9.64 Å². The molecule has 2 aromatic rings. The lowest BCUT2D eigenvalue weighted by atomic mass is 10.1. The Hall–Kier alpha value is -3.47. The molecule has 7 nitrogen and oxygen atoms in total. The summed E-state index contributed by atoms with van der Waals surface area (Å²) in [5.74, 6) is -7.63. The molecule has 0 N–H and O–H groups in total. The summed E-state index contributed by atoms with van der Waals surface area (Å²) in [5.41, 5.74) is -1.04. The number of nitrogens with zero attached hydrogens (tertiary/aromatic N) is 3. The van der Waals surface area contributed by atoms with Crippen LogP contribution in [0.25, 0.3) is 0 Å². The van der Waals surface area contributed by atoms with Gasteiger partial charge in [-0.3, -0.25) is 4.79 Å². The number of carbonyl (C=O) groups is 1. The Balaban J connectivity index is 1.83. The molecule has 1 aliphatic rings. The number of alkyl halides is 4. The number of halogens is 6. The molecular weight excluding hydrogens is 516 g/mol. The summed E-state index contributed by atoms with van der Waals surface area (Å²) < 4.78 is 109. The standard InChI is InChI=1S/C22H19F6N3O4S/c1-36(33,34)14-2-3-19(35-12-22(27,28)21(25)26)15(9-14)20(32)31-6-4-30(5-7-31)18-10-16(23)13(11-29)8-17(18)24/h2-3,8-10,21H,4-7,12H2,1H3. The van der Waals surface area contributed by atoms with Crippen LogP contribution in [0, 0.1) is 23.0 Å². The van der Waals surface area contributed by atoms with E-state index in [1.807, 2.05) is 0 Å². The summed E-state index contributed by atoms with van der Waals surface area (Å²) in [6, 6.07) is 5.94. The molecule has 1 saturated heterocycles. The Morgan fingerprint density at radius 1 is 1.11 bits per heavy atom. The van der Waals surface area contributed by atoms with Crippen molar-refractivity contribution in [3.63, 3.8) is 0 Å². The topological polar surface area (TPSA) is 90.7 Å². The number of anilines is 1. The molecule has 0 radical (unpaired) electrons. The Kier molecular flexibility index (Phi) is 7.73. The van der Waals surface area contributed by atoms with Crippen LogP contribution in [-0.4, -0.2) is 70.6 Å². The first-order chi connectivity index (χ1) is 16.7. The van der Waals surface area contributed by atoms with Gasteiger partial charge in [0.2, 0.25) is 0 Å². The number of amides is 1. The third-order valence-electron chi connectivity index (χ3n) is 5.41. The minimum atomic E-state index is -4.51. The lowest BCUT2D eigenvalue weighted by Gasteiger charge is -2.36. The highest BCUT2D eigenvalue weighted by atomic mass is 32.2. The average Bonchev–Trinajstić information content (AvgIpc) is 2.82. The number of benzene rings is 2. The van der Waals surface area contributed by atoms with E-state index in [0.717, 1.165) is 36.6 Å².